The van der Waals surface area contributed by atoms with E-state index in [0.717, 1.165) is 28.7 Å². The lowest BCUT2D eigenvalue weighted by molar-refractivity contribution is -0.142. The van der Waals surface area contributed by atoms with Crippen LogP contribution in [0.3, 0.4) is 0 Å². The molecule has 0 radical (unpaired) electrons. The van der Waals surface area contributed by atoms with E-state index < -0.39 is 0 Å². The highest BCUT2D eigenvalue weighted by Crippen LogP contribution is 2.49. The first-order chi connectivity index (χ1) is 17.0. The summed E-state index contributed by atoms with van der Waals surface area (Å²) in [5, 5.41) is 0. The number of hydrogen-bond acceptors (Lipinski definition) is 4. The number of carbonyl (C=O) groups is 2. The van der Waals surface area contributed by atoms with Crippen molar-refractivity contribution in [1.29, 1.82) is 0 Å². The number of amides is 1. The molecule has 5 nitrogen and oxygen atoms in total. The van der Waals surface area contributed by atoms with Crippen LogP contribution in [0.25, 0.3) is 11.1 Å². The number of fused-ring (bicyclic) bond motifs is 1. The van der Waals surface area contributed by atoms with Crippen LogP contribution in [0.4, 0.5) is 4.39 Å². The minimum Gasteiger partial charge on any atom is -0.496 e. The highest BCUT2D eigenvalue weighted by Gasteiger charge is 2.46. The molecule has 5 rings (SSSR count). The summed E-state index contributed by atoms with van der Waals surface area (Å²) in [5.74, 6) is 0.265. The Morgan fingerprint density at radius 1 is 1.00 bits per heavy atom. The van der Waals surface area contributed by atoms with Gasteiger partial charge in [-0.25, -0.2) is 4.39 Å². The molecular weight excluding hydrogens is 445 g/mol. The maximum Gasteiger partial charge on any atom is 0.310 e. The number of hydrogen-bond donors (Lipinski definition) is 0. The summed E-state index contributed by atoms with van der Waals surface area (Å²) in [4.78, 5) is 27.1. The highest BCUT2D eigenvalue weighted by molar-refractivity contribution is 5.85. The maximum absolute atomic E-state index is 14.9. The van der Waals surface area contributed by atoms with Crippen LogP contribution in [-0.4, -0.2) is 30.5 Å². The average Bonchev–Trinajstić information content (AvgIpc) is 3.54. The van der Waals surface area contributed by atoms with Gasteiger partial charge in [0.15, 0.2) is 0 Å². The van der Waals surface area contributed by atoms with E-state index in [0.29, 0.717) is 24.5 Å². The Morgan fingerprint density at radius 2 is 1.77 bits per heavy atom. The molecule has 0 spiro atoms. The zero-order valence-electron chi connectivity index (χ0n) is 19.9. The highest BCUT2D eigenvalue weighted by atomic mass is 19.1. The fourth-order valence-corrected chi connectivity index (χ4v) is 5.09. The van der Waals surface area contributed by atoms with Gasteiger partial charge in [-0.3, -0.25) is 9.59 Å². The Kier molecular flexibility index (Phi) is 6.29. The first kappa shape index (κ1) is 23.1. The van der Waals surface area contributed by atoms with Gasteiger partial charge in [-0.05, 0) is 59.7 Å². The van der Waals surface area contributed by atoms with E-state index in [4.69, 9.17) is 9.47 Å². The Hall–Kier alpha value is -3.67. The van der Waals surface area contributed by atoms with E-state index in [1.807, 2.05) is 36.4 Å². The summed E-state index contributed by atoms with van der Waals surface area (Å²) in [6.45, 7) is 2.71. The van der Waals surface area contributed by atoms with Gasteiger partial charge in [-0.1, -0.05) is 42.5 Å². The number of carbonyl (C=O) groups excluding carboxylic acids is 2. The number of halogens is 1. The lowest BCUT2D eigenvalue weighted by Gasteiger charge is -2.16. The summed E-state index contributed by atoms with van der Waals surface area (Å²) in [7, 11) is 1.58. The lowest BCUT2D eigenvalue weighted by atomic mass is 9.94. The lowest BCUT2D eigenvalue weighted by Crippen LogP contribution is -2.27. The molecule has 0 N–H and O–H groups in total. The first-order valence-corrected chi connectivity index (χ1v) is 12.0. The summed E-state index contributed by atoms with van der Waals surface area (Å²) < 4.78 is 25.5. The van der Waals surface area contributed by atoms with E-state index in [-0.39, 0.29) is 42.5 Å². The van der Waals surface area contributed by atoms with E-state index in [9.17, 15) is 14.0 Å². The molecule has 1 saturated carbocycles. The fourth-order valence-electron chi connectivity index (χ4n) is 5.09. The van der Waals surface area contributed by atoms with Crippen molar-refractivity contribution < 1.29 is 23.5 Å². The molecule has 0 saturated heterocycles. The molecule has 0 bridgehead atoms. The van der Waals surface area contributed by atoms with E-state index in [2.05, 4.69) is 12.1 Å². The van der Waals surface area contributed by atoms with Crippen molar-refractivity contribution in [2.24, 2.45) is 5.92 Å². The number of nitrogens with zero attached hydrogens (tertiary/aromatic N) is 1. The predicted molar refractivity (Wildman–Crippen MR) is 130 cm³/mol. The molecule has 1 heterocycles. The fraction of sp³-hybridized carbons (Fsp3) is 0.310. The molecule has 3 aromatic carbocycles. The van der Waals surface area contributed by atoms with Crippen LogP contribution >= 0.6 is 0 Å². The van der Waals surface area contributed by atoms with E-state index in [1.165, 1.54) is 11.6 Å². The van der Waals surface area contributed by atoms with Crippen LogP contribution in [-0.2, 0) is 33.8 Å². The number of methoxy groups -OCH3 is 1. The van der Waals surface area contributed by atoms with Gasteiger partial charge in [0.2, 0.25) is 5.91 Å². The van der Waals surface area contributed by atoms with Gasteiger partial charge < -0.3 is 14.4 Å². The largest absolute Gasteiger partial charge is 0.496 e. The van der Waals surface area contributed by atoms with Gasteiger partial charge in [0.25, 0.3) is 0 Å². The van der Waals surface area contributed by atoms with Crippen LogP contribution in [0, 0.1) is 11.7 Å². The van der Waals surface area contributed by atoms with Crippen LogP contribution < -0.4 is 4.74 Å². The predicted octanol–water partition coefficient (Wildman–Crippen LogP) is 5.25. The third-order valence-corrected chi connectivity index (χ3v) is 6.93. The second-order valence-corrected chi connectivity index (χ2v) is 9.12. The van der Waals surface area contributed by atoms with Crippen molar-refractivity contribution in [3.05, 3.63) is 88.7 Å². The second-order valence-electron chi connectivity index (χ2n) is 9.12. The van der Waals surface area contributed by atoms with Gasteiger partial charge in [0, 0.05) is 30.1 Å². The molecule has 35 heavy (non-hydrogen) atoms. The van der Waals surface area contributed by atoms with Crippen molar-refractivity contribution in [3.63, 3.8) is 0 Å². The molecule has 1 aliphatic carbocycles. The van der Waals surface area contributed by atoms with Crippen LogP contribution in [0.2, 0.25) is 0 Å². The molecular formula is C29H28FNO4. The number of ether oxygens (including phenoxy) is 2. The SMILES string of the molecule is CCOC(=O)Cc1ccc(OC)c(-c2ccc(F)c3c2CN(C(=O)C2CC2c2ccccc2)C3)c1. The van der Waals surface area contributed by atoms with E-state index in [1.54, 1.807) is 25.0 Å². The number of rotatable bonds is 7. The zero-order chi connectivity index (χ0) is 24.5. The smallest absolute Gasteiger partial charge is 0.310 e. The van der Waals surface area contributed by atoms with Crippen LogP contribution in [0.15, 0.2) is 60.7 Å². The van der Waals surface area contributed by atoms with Gasteiger partial charge >= 0.3 is 5.97 Å². The Bertz CT molecular complexity index is 1270. The first-order valence-electron chi connectivity index (χ1n) is 12.0. The summed E-state index contributed by atoms with van der Waals surface area (Å²) in [6.07, 6.45) is 0.968. The van der Waals surface area contributed by atoms with Crippen molar-refractivity contribution >= 4 is 11.9 Å². The van der Waals surface area contributed by atoms with Gasteiger partial charge in [0.1, 0.15) is 11.6 Å². The standard InChI is InChI=1S/C29H28FNO4/c1-3-35-28(32)14-18-9-12-27(34-2)22(13-18)20-10-11-26(30)25-17-31(16-24(20)25)29(33)23-15-21(23)19-7-5-4-6-8-19/h4-13,21,23H,3,14-17H2,1-2H3. The monoisotopic (exact) mass is 473 g/mol. The summed E-state index contributed by atoms with van der Waals surface area (Å²) >= 11 is 0. The van der Waals surface area contributed by atoms with Crippen molar-refractivity contribution in [2.75, 3.05) is 13.7 Å². The van der Waals surface area contributed by atoms with Gasteiger partial charge in [0.05, 0.1) is 20.1 Å². The third-order valence-electron chi connectivity index (χ3n) is 6.93. The van der Waals surface area contributed by atoms with Crippen LogP contribution in [0.5, 0.6) is 5.75 Å². The number of benzene rings is 3. The molecule has 2 unspecified atom stereocenters. The maximum atomic E-state index is 14.9. The quantitative estimate of drug-likeness (QED) is 0.440. The summed E-state index contributed by atoms with van der Waals surface area (Å²) in [6, 6.07) is 18.8. The molecule has 6 heteroatoms. The molecule has 2 atom stereocenters. The average molecular weight is 474 g/mol. The van der Waals surface area contributed by atoms with Crippen molar-refractivity contribution in [2.45, 2.75) is 38.8 Å². The minimum atomic E-state index is -0.309. The number of esters is 1. The Morgan fingerprint density at radius 3 is 2.51 bits per heavy atom. The molecule has 3 aromatic rings. The molecule has 2 aliphatic rings. The molecule has 1 fully saturated rings. The third kappa shape index (κ3) is 4.53. The second kappa shape index (κ2) is 9.53. The topological polar surface area (TPSA) is 55.8 Å². The Balaban J connectivity index is 1.42. The van der Waals surface area contributed by atoms with Gasteiger partial charge in [-0.15, -0.1) is 0 Å². The molecule has 1 amide bonds. The van der Waals surface area contributed by atoms with Gasteiger partial charge in [-0.2, -0.15) is 0 Å². The summed E-state index contributed by atoms with van der Waals surface area (Å²) in [5.41, 5.74) is 4.89. The van der Waals surface area contributed by atoms with Crippen molar-refractivity contribution in [1.82, 2.24) is 4.90 Å². The normalized spacial score (nSPS) is 18.2. The Labute approximate surface area is 204 Å². The zero-order valence-corrected chi connectivity index (χ0v) is 19.9. The van der Waals surface area contributed by atoms with Crippen LogP contribution in [0.1, 0.15) is 41.5 Å². The molecule has 1 aliphatic heterocycles. The van der Waals surface area contributed by atoms with E-state index >= 15 is 0 Å². The van der Waals surface area contributed by atoms with Crippen molar-refractivity contribution in [3.8, 4) is 16.9 Å². The molecule has 0 aromatic heterocycles. The molecule has 180 valence electrons. The minimum absolute atomic E-state index is 0.0549.